The van der Waals surface area contributed by atoms with Crippen molar-refractivity contribution in [3.05, 3.63) is 57.6 Å². The molecule has 1 N–H and O–H groups in total. The molecule has 0 bridgehead atoms. The fourth-order valence-electron chi connectivity index (χ4n) is 5.92. The fourth-order valence-corrected chi connectivity index (χ4v) is 6.75. The standard InChI is InChI=1S/C39H54F4N4O8S/c1-14-16-23-27(40)29(42)30(43)33(28(23)41)54-37(51)24-18-56-35(44-24)26(53-22(8)48)17-25(19(3)4)46(12)36(50)31(21(7)15-2)45-34(49)32(20(5)6)47(13)38(52)55-39(9,10)11/h14,18-21,25-26,31-32H,1,15-17H2,2-13H3,(H,45,49)/t21-,25+,26+,31-,32+/m0/s1. The zero-order valence-electron chi connectivity index (χ0n) is 34.1. The number of hydrogen-bond donors (Lipinski definition) is 1. The van der Waals surface area contributed by atoms with Crippen molar-refractivity contribution in [2.75, 3.05) is 14.1 Å². The number of nitrogens with zero attached hydrogens (tertiary/aromatic N) is 3. The van der Waals surface area contributed by atoms with Crippen LogP contribution in [0.25, 0.3) is 0 Å². The molecule has 1 aromatic heterocycles. The van der Waals surface area contributed by atoms with E-state index in [4.69, 9.17) is 14.2 Å². The highest BCUT2D eigenvalue weighted by Crippen LogP contribution is 2.34. The maximum Gasteiger partial charge on any atom is 0.410 e. The van der Waals surface area contributed by atoms with Crippen LogP contribution in [-0.4, -0.2) is 82.5 Å². The van der Waals surface area contributed by atoms with Crippen LogP contribution in [0.15, 0.2) is 18.0 Å². The molecule has 5 atom stereocenters. The first-order valence-corrected chi connectivity index (χ1v) is 19.1. The number of ether oxygens (including phenoxy) is 3. The van der Waals surface area contributed by atoms with E-state index in [-0.39, 0.29) is 29.2 Å². The second kappa shape index (κ2) is 20.1. The molecule has 56 heavy (non-hydrogen) atoms. The number of aromatic nitrogens is 1. The normalized spacial score (nSPS) is 14.3. The molecule has 0 saturated carbocycles. The summed E-state index contributed by atoms with van der Waals surface area (Å²) in [6.07, 6.45) is -0.832. The van der Waals surface area contributed by atoms with Crippen molar-refractivity contribution in [3.63, 3.8) is 0 Å². The minimum atomic E-state index is -2.05. The topological polar surface area (TPSA) is 144 Å². The third-order valence-corrected chi connectivity index (χ3v) is 9.95. The van der Waals surface area contributed by atoms with Gasteiger partial charge in [-0.15, -0.1) is 17.9 Å². The summed E-state index contributed by atoms with van der Waals surface area (Å²) in [7, 11) is 3.00. The molecule has 2 rings (SSSR count). The number of carbonyl (C=O) groups is 5. The van der Waals surface area contributed by atoms with E-state index in [1.807, 2.05) is 20.8 Å². The lowest BCUT2D eigenvalue weighted by Crippen LogP contribution is -2.59. The van der Waals surface area contributed by atoms with Crippen LogP contribution in [0.1, 0.15) is 109 Å². The van der Waals surface area contributed by atoms with Gasteiger partial charge >= 0.3 is 18.0 Å². The Labute approximate surface area is 329 Å². The van der Waals surface area contributed by atoms with Gasteiger partial charge in [0.05, 0.1) is 0 Å². The van der Waals surface area contributed by atoms with Crippen LogP contribution in [0.2, 0.25) is 0 Å². The van der Waals surface area contributed by atoms with Crippen molar-refractivity contribution in [1.82, 2.24) is 20.1 Å². The Balaban J connectivity index is 2.43. The van der Waals surface area contributed by atoms with Crippen molar-refractivity contribution in [3.8, 4) is 5.75 Å². The number of hydrogen-bond acceptors (Lipinski definition) is 10. The average molecular weight is 815 g/mol. The zero-order chi connectivity index (χ0) is 43.0. The zero-order valence-corrected chi connectivity index (χ0v) is 34.9. The fraction of sp³-hybridized carbons (Fsp3) is 0.590. The van der Waals surface area contributed by atoms with Crippen molar-refractivity contribution in [1.29, 1.82) is 0 Å². The van der Waals surface area contributed by atoms with Crippen LogP contribution in [0.3, 0.4) is 0 Å². The quantitative estimate of drug-likeness (QED) is 0.0428. The molecule has 0 unspecified atom stereocenters. The first kappa shape index (κ1) is 47.6. The van der Waals surface area contributed by atoms with Gasteiger partial charge in [-0.3, -0.25) is 19.3 Å². The lowest BCUT2D eigenvalue weighted by Gasteiger charge is -2.38. The van der Waals surface area contributed by atoms with Gasteiger partial charge in [-0.1, -0.05) is 54.0 Å². The minimum absolute atomic E-state index is 0.0317. The summed E-state index contributed by atoms with van der Waals surface area (Å²) >= 11 is 0.848. The molecule has 0 radical (unpaired) electrons. The average Bonchev–Trinajstić information content (AvgIpc) is 3.60. The number of allylic oxidation sites excluding steroid dienone is 1. The van der Waals surface area contributed by atoms with Crippen LogP contribution in [0.4, 0.5) is 22.4 Å². The van der Waals surface area contributed by atoms with E-state index in [0.29, 0.717) is 6.42 Å². The first-order chi connectivity index (χ1) is 25.9. The SMILES string of the molecule is C=CCc1c(F)c(F)c(F)c(OC(=O)c2csc([C@@H](C[C@H](C(C)C)N(C)C(=O)[C@@H](NC(=O)[C@@H](C(C)C)N(C)C(=O)OC(C)(C)C)[C@@H](C)CC)OC(C)=O)n2)c1F. The van der Waals surface area contributed by atoms with Gasteiger partial charge in [0.1, 0.15) is 22.7 Å². The summed E-state index contributed by atoms with van der Waals surface area (Å²) in [4.78, 5) is 73.1. The molecule has 0 aliphatic rings. The number of esters is 2. The van der Waals surface area contributed by atoms with Gasteiger partial charge < -0.3 is 24.4 Å². The molecule has 3 amide bonds. The number of nitrogens with one attached hydrogen (secondary N) is 1. The van der Waals surface area contributed by atoms with E-state index in [0.717, 1.165) is 24.3 Å². The minimum Gasteiger partial charge on any atom is -0.455 e. The van der Waals surface area contributed by atoms with Crippen LogP contribution >= 0.6 is 11.3 Å². The van der Waals surface area contributed by atoms with Gasteiger partial charge in [0.25, 0.3) is 0 Å². The largest absolute Gasteiger partial charge is 0.455 e. The van der Waals surface area contributed by atoms with E-state index in [2.05, 4.69) is 16.9 Å². The van der Waals surface area contributed by atoms with Gasteiger partial charge in [0.2, 0.25) is 23.4 Å². The van der Waals surface area contributed by atoms with E-state index in [1.165, 1.54) is 22.2 Å². The molecule has 2 aromatic rings. The highest BCUT2D eigenvalue weighted by atomic mass is 32.1. The number of benzene rings is 1. The Kier molecular flexibility index (Phi) is 17.0. The van der Waals surface area contributed by atoms with Crippen molar-refractivity contribution < 1.29 is 55.7 Å². The molecule has 0 aliphatic carbocycles. The summed E-state index contributed by atoms with van der Waals surface area (Å²) in [5.41, 5.74) is -2.17. The Morgan fingerprint density at radius 3 is 2.05 bits per heavy atom. The summed E-state index contributed by atoms with van der Waals surface area (Å²) in [6.45, 7) is 20.5. The van der Waals surface area contributed by atoms with Crippen molar-refractivity contribution in [2.24, 2.45) is 17.8 Å². The summed E-state index contributed by atoms with van der Waals surface area (Å²) in [5, 5.41) is 4.10. The molecule has 0 fully saturated rings. The maximum absolute atomic E-state index is 14.9. The highest BCUT2D eigenvalue weighted by molar-refractivity contribution is 7.09. The van der Waals surface area contributed by atoms with Gasteiger partial charge in [-0.2, -0.15) is 4.39 Å². The molecule has 17 heteroatoms. The van der Waals surface area contributed by atoms with Crippen LogP contribution in [0, 0.1) is 41.0 Å². The molecule has 12 nitrogen and oxygen atoms in total. The van der Waals surface area contributed by atoms with Gasteiger partial charge in [-0.05, 0) is 44.9 Å². The summed E-state index contributed by atoms with van der Waals surface area (Å²) in [5.74, 6) is -13.1. The predicted octanol–water partition coefficient (Wildman–Crippen LogP) is 7.55. The molecular formula is C39H54F4N4O8S. The number of halogens is 4. The first-order valence-electron chi connectivity index (χ1n) is 18.2. The third kappa shape index (κ3) is 12.0. The molecule has 0 saturated heterocycles. The number of likely N-dealkylation sites (N-methyl/N-ethyl adjacent to an activating group) is 2. The molecule has 0 aliphatic heterocycles. The molecule has 312 valence electrons. The number of amides is 3. The maximum atomic E-state index is 14.9. The second-order valence-corrected chi connectivity index (χ2v) is 16.2. The molecule has 1 aromatic carbocycles. The van der Waals surface area contributed by atoms with E-state index < -0.39 is 106 Å². The highest BCUT2D eigenvalue weighted by Gasteiger charge is 2.39. The smallest absolute Gasteiger partial charge is 0.410 e. The van der Waals surface area contributed by atoms with Crippen molar-refractivity contribution in [2.45, 2.75) is 118 Å². The van der Waals surface area contributed by atoms with Gasteiger partial charge in [-0.25, -0.2) is 27.7 Å². The molecular weight excluding hydrogens is 761 g/mol. The van der Waals surface area contributed by atoms with Crippen LogP contribution in [0.5, 0.6) is 5.75 Å². The predicted molar refractivity (Wildman–Crippen MR) is 202 cm³/mol. The Hall–Kier alpha value is -4.54. The summed E-state index contributed by atoms with van der Waals surface area (Å²) < 4.78 is 73.8. The Bertz CT molecular complexity index is 1760. The van der Waals surface area contributed by atoms with Crippen LogP contribution in [-0.2, 0) is 30.3 Å². The monoisotopic (exact) mass is 814 g/mol. The Morgan fingerprint density at radius 1 is 0.946 bits per heavy atom. The Morgan fingerprint density at radius 2 is 1.55 bits per heavy atom. The van der Waals surface area contributed by atoms with Gasteiger partial charge in [0, 0.05) is 44.4 Å². The number of rotatable bonds is 17. The third-order valence-electron chi connectivity index (χ3n) is 9.02. The number of thiazole rings is 1. The lowest BCUT2D eigenvalue weighted by molar-refractivity contribution is -0.149. The van der Waals surface area contributed by atoms with Crippen molar-refractivity contribution >= 4 is 41.2 Å². The lowest BCUT2D eigenvalue weighted by atomic mass is 9.92. The van der Waals surface area contributed by atoms with E-state index >= 15 is 0 Å². The van der Waals surface area contributed by atoms with Crippen LogP contribution < -0.4 is 10.1 Å². The second-order valence-electron chi connectivity index (χ2n) is 15.3. The summed E-state index contributed by atoms with van der Waals surface area (Å²) in [6, 6.07) is -2.64. The van der Waals surface area contributed by atoms with E-state index in [9.17, 15) is 41.5 Å². The molecule has 1 heterocycles. The van der Waals surface area contributed by atoms with Gasteiger partial charge in [0.15, 0.2) is 29.2 Å². The number of carbonyl (C=O) groups excluding carboxylic acids is 5. The molecule has 0 spiro atoms. The van der Waals surface area contributed by atoms with E-state index in [1.54, 1.807) is 48.6 Å².